The van der Waals surface area contributed by atoms with Gasteiger partial charge in [0, 0.05) is 30.1 Å². The molecule has 0 bridgehead atoms. The van der Waals surface area contributed by atoms with Crippen molar-refractivity contribution in [2.24, 2.45) is 5.41 Å². The second-order valence-corrected chi connectivity index (χ2v) is 6.01. The minimum atomic E-state index is -0.346. The van der Waals surface area contributed by atoms with Crippen LogP contribution in [0.5, 0.6) is 0 Å². The summed E-state index contributed by atoms with van der Waals surface area (Å²) in [5, 5.41) is 17.8. The van der Waals surface area contributed by atoms with Gasteiger partial charge in [-0.05, 0) is 44.3 Å². The molecule has 0 aliphatic carbocycles. The molecule has 1 aromatic carbocycles. The molecule has 0 amide bonds. The van der Waals surface area contributed by atoms with Gasteiger partial charge in [-0.3, -0.25) is 10.1 Å². The van der Waals surface area contributed by atoms with Crippen LogP contribution in [0.1, 0.15) is 24.8 Å². The summed E-state index contributed by atoms with van der Waals surface area (Å²) in [7, 11) is 0. The van der Waals surface area contributed by atoms with Gasteiger partial charge in [0.25, 0.3) is 5.69 Å². The maximum Gasteiger partial charge on any atom is 0.269 e. The lowest BCUT2D eigenvalue weighted by molar-refractivity contribution is -0.384. The monoisotopic (exact) mass is 275 g/mol. The Bertz CT molecular complexity index is 475. The molecule has 5 nitrogen and oxygen atoms in total. The molecule has 2 aliphatic heterocycles. The van der Waals surface area contributed by atoms with Gasteiger partial charge < -0.3 is 10.6 Å². The molecule has 20 heavy (non-hydrogen) atoms. The summed E-state index contributed by atoms with van der Waals surface area (Å²) in [5.41, 5.74) is 1.80. The Labute approximate surface area is 118 Å². The number of aryl methyl sites for hydroxylation is 1. The van der Waals surface area contributed by atoms with Crippen molar-refractivity contribution in [3.05, 3.63) is 39.9 Å². The van der Waals surface area contributed by atoms with E-state index < -0.39 is 0 Å². The van der Waals surface area contributed by atoms with Crippen molar-refractivity contribution >= 4 is 5.69 Å². The van der Waals surface area contributed by atoms with Gasteiger partial charge in [-0.15, -0.1) is 0 Å². The average molecular weight is 275 g/mol. The highest BCUT2D eigenvalue weighted by molar-refractivity contribution is 5.33. The molecule has 2 aliphatic rings. The van der Waals surface area contributed by atoms with Gasteiger partial charge in [-0.2, -0.15) is 0 Å². The molecular formula is C15H21N3O2. The van der Waals surface area contributed by atoms with E-state index in [1.807, 2.05) is 12.1 Å². The van der Waals surface area contributed by atoms with Crippen molar-refractivity contribution < 1.29 is 4.92 Å². The van der Waals surface area contributed by atoms with Gasteiger partial charge in [0.05, 0.1) is 4.92 Å². The first-order chi connectivity index (χ1) is 9.70. The Morgan fingerprint density at radius 3 is 2.65 bits per heavy atom. The number of nitrogens with zero attached hydrogens (tertiary/aromatic N) is 1. The first-order valence-electron chi connectivity index (χ1n) is 7.37. The molecule has 3 rings (SSSR count). The summed E-state index contributed by atoms with van der Waals surface area (Å²) in [6.07, 6.45) is 4.63. The van der Waals surface area contributed by atoms with Crippen LogP contribution in [0.4, 0.5) is 5.69 Å². The first-order valence-corrected chi connectivity index (χ1v) is 7.37. The fourth-order valence-electron chi connectivity index (χ4n) is 3.66. The molecule has 2 N–H and O–H groups in total. The lowest BCUT2D eigenvalue weighted by Gasteiger charge is -2.30. The van der Waals surface area contributed by atoms with E-state index in [-0.39, 0.29) is 10.6 Å². The Morgan fingerprint density at radius 1 is 1.25 bits per heavy atom. The van der Waals surface area contributed by atoms with Crippen molar-refractivity contribution in [2.75, 3.05) is 19.6 Å². The summed E-state index contributed by atoms with van der Waals surface area (Å²) in [6, 6.07) is 7.54. The molecule has 2 heterocycles. The topological polar surface area (TPSA) is 67.2 Å². The van der Waals surface area contributed by atoms with Crippen molar-refractivity contribution in [1.82, 2.24) is 10.6 Å². The average Bonchev–Trinajstić information content (AvgIpc) is 3.08. The molecule has 0 aromatic heterocycles. The summed E-state index contributed by atoms with van der Waals surface area (Å²) >= 11 is 0. The maximum atomic E-state index is 10.6. The fourth-order valence-corrected chi connectivity index (χ4v) is 3.66. The number of rotatable bonds is 4. The molecule has 1 spiro atoms. The highest BCUT2D eigenvalue weighted by Crippen LogP contribution is 2.39. The zero-order valence-electron chi connectivity index (χ0n) is 11.6. The number of nitro groups is 1. The van der Waals surface area contributed by atoms with E-state index in [9.17, 15) is 10.1 Å². The van der Waals surface area contributed by atoms with E-state index in [1.165, 1.54) is 18.4 Å². The molecule has 2 fully saturated rings. The normalized spacial score (nSPS) is 29.1. The van der Waals surface area contributed by atoms with E-state index in [0.717, 1.165) is 32.5 Å². The highest BCUT2D eigenvalue weighted by Gasteiger charge is 2.44. The molecule has 0 radical (unpaired) electrons. The van der Waals surface area contributed by atoms with Crippen molar-refractivity contribution in [2.45, 2.75) is 31.7 Å². The van der Waals surface area contributed by atoms with Gasteiger partial charge in [0.15, 0.2) is 0 Å². The van der Waals surface area contributed by atoms with Crippen LogP contribution in [0.25, 0.3) is 0 Å². The summed E-state index contributed by atoms with van der Waals surface area (Å²) in [6.45, 7) is 3.38. The van der Waals surface area contributed by atoms with E-state index in [2.05, 4.69) is 10.6 Å². The van der Waals surface area contributed by atoms with Crippen LogP contribution >= 0.6 is 0 Å². The highest BCUT2D eigenvalue weighted by atomic mass is 16.6. The molecule has 2 saturated heterocycles. The van der Waals surface area contributed by atoms with Crippen molar-refractivity contribution in [3.8, 4) is 0 Å². The molecule has 2 unspecified atom stereocenters. The zero-order chi connectivity index (χ0) is 14.0. The van der Waals surface area contributed by atoms with E-state index >= 15 is 0 Å². The van der Waals surface area contributed by atoms with E-state index in [4.69, 9.17) is 0 Å². The van der Waals surface area contributed by atoms with Gasteiger partial charge in [0.1, 0.15) is 0 Å². The molecule has 0 saturated carbocycles. The third-order valence-electron chi connectivity index (χ3n) is 4.90. The predicted molar refractivity (Wildman–Crippen MR) is 77.7 cm³/mol. The first kappa shape index (κ1) is 13.5. The summed E-state index contributed by atoms with van der Waals surface area (Å²) in [4.78, 5) is 10.3. The minimum absolute atomic E-state index is 0.171. The van der Waals surface area contributed by atoms with E-state index in [0.29, 0.717) is 11.5 Å². The standard InChI is InChI=1S/C15H21N3O2/c19-18(20)13-4-1-12(2-5-13)3-6-14-15(8-10-17-14)7-9-16-11-15/h1-2,4-5,14,16-17H,3,6-11H2. The Morgan fingerprint density at radius 2 is 2.00 bits per heavy atom. The van der Waals surface area contributed by atoms with Crippen LogP contribution in [0.3, 0.4) is 0 Å². The second kappa shape index (κ2) is 5.50. The molecule has 1 aromatic rings. The zero-order valence-corrected chi connectivity index (χ0v) is 11.6. The number of benzene rings is 1. The van der Waals surface area contributed by atoms with E-state index in [1.54, 1.807) is 12.1 Å². The van der Waals surface area contributed by atoms with Crippen LogP contribution in [0, 0.1) is 15.5 Å². The third-order valence-corrected chi connectivity index (χ3v) is 4.90. The van der Waals surface area contributed by atoms with Crippen LogP contribution in [0.2, 0.25) is 0 Å². The quantitative estimate of drug-likeness (QED) is 0.650. The van der Waals surface area contributed by atoms with Crippen LogP contribution in [0.15, 0.2) is 24.3 Å². The Balaban J connectivity index is 1.60. The summed E-state index contributed by atoms with van der Waals surface area (Å²) < 4.78 is 0. The Kier molecular flexibility index (Phi) is 3.72. The lowest BCUT2D eigenvalue weighted by Crippen LogP contribution is -2.38. The maximum absolute atomic E-state index is 10.6. The van der Waals surface area contributed by atoms with Crippen molar-refractivity contribution in [1.29, 1.82) is 0 Å². The number of nitro benzene ring substituents is 1. The van der Waals surface area contributed by atoms with Gasteiger partial charge in [-0.1, -0.05) is 12.1 Å². The minimum Gasteiger partial charge on any atom is -0.316 e. The van der Waals surface area contributed by atoms with Crippen LogP contribution in [-0.2, 0) is 6.42 Å². The van der Waals surface area contributed by atoms with Gasteiger partial charge in [0.2, 0.25) is 0 Å². The summed E-state index contributed by atoms with van der Waals surface area (Å²) in [5.74, 6) is 0. The third kappa shape index (κ3) is 2.55. The lowest BCUT2D eigenvalue weighted by atomic mass is 9.77. The van der Waals surface area contributed by atoms with Crippen LogP contribution in [-0.4, -0.2) is 30.6 Å². The van der Waals surface area contributed by atoms with Gasteiger partial charge >= 0.3 is 0 Å². The van der Waals surface area contributed by atoms with Crippen molar-refractivity contribution in [3.63, 3.8) is 0 Å². The Hall–Kier alpha value is -1.46. The smallest absolute Gasteiger partial charge is 0.269 e. The number of nitrogens with one attached hydrogen (secondary N) is 2. The number of non-ortho nitro benzene ring substituents is 1. The fraction of sp³-hybridized carbons (Fsp3) is 0.600. The number of hydrogen-bond donors (Lipinski definition) is 2. The predicted octanol–water partition coefficient (Wildman–Crippen LogP) is 1.87. The van der Waals surface area contributed by atoms with Gasteiger partial charge in [-0.25, -0.2) is 0 Å². The molecular weight excluding hydrogens is 254 g/mol. The van der Waals surface area contributed by atoms with Crippen LogP contribution < -0.4 is 10.6 Å². The molecule has 5 heteroatoms. The number of hydrogen-bond acceptors (Lipinski definition) is 4. The largest absolute Gasteiger partial charge is 0.316 e. The molecule has 2 atom stereocenters. The second-order valence-electron chi connectivity index (χ2n) is 6.01. The molecule has 108 valence electrons. The SMILES string of the molecule is O=[N+]([O-])c1ccc(CCC2NCCC23CCNC3)cc1.